The number of halogens is 1. The van der Waals surface area contributed by atoms with Crippen molar-refractivity contribution in [2.75, 3.05) is 0 Å². The van der Waals surface area contributed by atoms with Crippen LogP contribution in [0, 0.1) is 11.8 Å². The lowest BCUT2D eigenvalue weighted by Gasteiger charge is -2.31. The van der Waals surface area contributed by atoms with E-state index in [0.717, 1.165) is 19.3 Å². The fourth-order valence-corrected chi connectivity index (χ4v) is 6.40. The van der Waals surface area contributed by atoms with Crippen LogP contribution in [0.25, 0.3) is 0 Å². The summed E-state index contributed by atoms with van der Waals surface area (Å²) in [7, 11) is 2.41. The van der Waals surface area contributed by atoms with E-state index in [2.05, 4.69) is 160 Å². The van der Waals surface area contributed by atoms with Gasteiger partial charge in [-0.25, -0.2) is 0 Å². The number of rotatable bonds is 11. The van der Waals surface area contributed by atoms with Gasteiger partial charge in [0.1, 0.15) is 0 Å². The van der Waals surface area contributed by atoms with Crippen LogP contribution in [0.5, 0.6) is 0 Å². The average molecular weight is 601 g/mol. The lowest BCUT2D eigenvalue weighted by Crippen LogP contribution is -2.22. The molecule has 0 aromatic heterocycles. The molecule has 0 aliphatic heterocycles. The highest BCUT2D eigenvalue weighted by Crippen LogP contribution is 2.40. The van der Waals surface area contributed by atoms with E-state index in [1.807, 2.05) is 0 Å². The van der Waals surface area contributed by atoms with E-state index in [1.165, 1.54) is 38.8 Å². The fraction of sp³-hybridized carbons (Fsp3) is 0.371. The van der Waals surface area contributed by atoms with Gasteiger partial charge in [-0.2, -0.15) is 0 Å². The molecular weight excluding hydrogens is 558 g/mol. The zero-order chi connectivity index (χ0) is 26.8. The van der Waals surface area contributed by atoms with Gasteiger partial charge in [0.05, 0.1) is 0 Å². The van der Waals surface area contributed by atoms with E-state index >= 15 is 0 Å². The molecule has 1 aliphatic rings. The summed E-state index contributed by atoms with van der Waals surface area (Å²) in [6.45, 7) is 13.8. The van der Waals surface area contributed by atoms with Gasteiger partial charge >= 0.3 is 0 Å². The zero-order valence-electron chi connectivity index (χ0n) is 23.5. The van der Waals surface area contributed by atoms with Crippen LogP contribution in [0.15, 0.2) is 106 Å². The van der Waals surface area contributed by atoms with Crippen molar-refractivity contribution in [1.29, 1.82) is 0 Å². The number of hydrogen-bond acceptors (Lipinski definition) is 0. The van der Waals surface area contributed by atoms with Crippen molar-refractivity contribution in [1.82, 2.24) is 0 Å². The quantitative estimate of drug-likeness (QED) is 0.137. The highest BCUT2D eigenvalue weighted by molar-refractivity contribution is 14.1. The van der Waals surface area contributed by atoms with Crippen molar-refractivity contribution in [2.24, 2.45) is 11.8 Å². The Bertz CT molecular complexity index is 1180. The van der Waals surface area contributed by atoms with Gasteiger partial charge in [-0.15, -0.1) is 0 Å². The maximum Gasteiger partial charge on any atom is 0.191 e. The lowest BCUT2D eigenvalue weighted by atomic mass is 9.58. The van der Waals surface area contributed by atoms with Gasteiger partial charge in [-0.05, 0) is 71.6 Å². The lowest BCUT2D eigenvalue weighted by molar-refractivity contribution is 0.488. The predicted molar refractivity (Wildman–Crippen MR) is 174 cm³/mol. The molecule has 2 heteroatoms. The van der Waals surface area contributed by atoms with E-state index in [-0.39, 0.29) is 0 Å². The minimum absolute atomic E-state index is 0.406. The standard InChI is InChI=1S/C35H43BI/c1-7-14-26(4)35(27(5)23-25(3)21-22-37)36-31-17-13-16-30(24-31)28(6)32-18-11-12-20-34(32)33-19-10-9-15-29(33)8-2/h9-22,24-25,28,32,34H,7-8,23H2,1-6H3/b22-21-,26-14-,35-27-. The zero-order valence-corrected chi connectivity index (χ0v) is 25.7. The van der Waals surface area contributed by atoms with Crippen molar-refractivity contribution in [2.45, 2.75) is 72.6 Å². The Morgan fingerprint density at radius 3 is 2.49 bits per heavy atom. The normalized spacial score (nSPS) is 20.1. The molecular formula is C35H43BI. The van der Waals surface area contributed by atoms with Crippen molar-refractivity contribution in [3.63, 3.8) is 0 Å². The summed E-state index contributed by atoms with van der Waals surface area (Å²) < 4.78 is 2.14. The number of allylic oxidation sites excluding steroid dienone is 9. The molecule has 4 atom stereocenters. The van der Waals surface area contributed by atoms with Gasteiger partial charge in [0.25, 0.3) is 0 Å². The first-order valence-corrected chi connectivity index (χ1v) is 15.1. The fourth-order valence-electron chi connectivity index (χ4n) is 5.69. The molecule has 193 valence electrons. The summed E-state index contributed by atoms with van der Waals surface area (Å²) >= 11 is 2.32. The Labute approximate surface area is 241 Å². The molecule has 1 radical (unpaired) electrons. The van der Waals surface area contributed by atoms with Crippen molar-refractivity contribution < 1.29 is 0 Å². The van der Waals surface area contributed by atoms with Crippen LogP contribution >= 0.6 is 22.6 Å². The third kappa shape index (κ3) is 7.96. The first-order chi connectivity index (χ1) is 17.9. The monoisotopic (exact) mass is 601 g/mol. The summed E-state index contributed by atoms with van der Waals surface area (Å²) in [5.74, 6) is 1.80. The highest BCUT2D eigenvalue weighted by Gasteiger charge is 2.28. The SMILES string of the molecule is CC/C=C(C)\C([B]c1cccc(C(C)C2C=CC=CC2c2ccccc2CC)c1)=C(/C)CC(C)/C=C\I. The highest BCUT2D eigenvalue weighted by atomic mass is 127. The second-order valence-corrected chi connectivity index (χ2v) is 11.2. The maximum atomic E-state index is 2.42. The van der Waals surface area contributed by atoms with Crippen LogP contribution in [0.3, 0.4) is 0 Å². The van der Waals surface area contributed by atoms with E-state index in [1.54, 1.807) is 0 Å². The molecule has 37 heavy (non-hydrogen) atoms. The van der Waals surface area contributed by atoms with Crippen LogP contribution in [-0.4, -0.2) is 7.28 Å². The number of benzene rings is 2. The molecule has 0 fully saturated rings. The van der Waals surface area contributed by atoms with Gasteiger partial charge in [-0.3, -0.25) is 0 Å². The molecule has 0 heterocycles. The smallest absolute Gasteiger partial charge is 0.0824 e. The molecule has 0 saturated heterocycles. The van der Waals surface area contributed by atoms with Crippen molar-refractivity contribution >= 4 is 35.3 Å². The predicted octanol–water partition coefficient (Wildman–Crippen LogP) is 9.81. The van der Waals surface area contributed by atoms with Crippen LogP contribution in [0.4, 0.5) is 0 Å². The van der Waals surface area contributed by atoms with E-state index < -0.39 is 0 Å². The molecule has 2 aromatic carbocycles. The molecule has 0 N–H and O–H groups in total. The Morgan fingerprint density at radius 1 is 1.00 bits per heavy atom. The Morgan fingerprint density at radius 2 is 1.76 bits per heavy atom. The molecule has 0 amide bonds. The van der Waals surface area contributed by atoms with Crippen LogP contribution < -0.4 is 5.46 Å². The minimum atomic E-state index is 0.406. The Kier molecular flexibility index (Phi) is 11.8. The second kappa shape index (κ2) is 14.8. The van der Waals surface area contributed by atoms with Gasteiger partial charge < -0.3 is 0 Å². The molecule has 0 bridgehead atoms. The van der Waals surface area contributed by atoms with Crippen LogP contribution in [0.1, 0.15) is 82.9 Å². The van der Waals surface area contributed by atoms with Gasteiger partial charge in [0.2, 0.25) is 0 Å². The molecule has 3 rings (SSSR count). The van der Waals surface area contributed by atoms with Crippen LogP contribution in [0.2, 0.25) is 0 Å². The van der Waals surface area contributed by atoms with E-state index in [0.29, 0.717) is 23.7 Å². The first kappa shape index (κ1) is 29.5. The van der Waals surface area contributed by atoms with Crippen molar-refractivity contribution in [3.05, 3.63) is 122 Å². The van der Waals surface area contributed by atoms with Gasteiger partial charge in [0, 0.05) is 5.92 Å². The summed E-state index contributed by atoms with van der Waals surface area (Å²) in [6, 6.07) is 18.2. The average Bonchev–Trinajstić information content (AvgIpc) is 2.91. The first-order valence-electron chi connectivity index (χ1n) is 13.9. The Balaban J connectivity index is 1.91. The summed E-state index contributed by atoms with van der Waals surface area (Å²) in [5, 5.41) is 0. The molecule has 2 aromatic rings. The van der Waals surface area contributed by atoms with Crippen LogP contribution in [-0.2, 0) is 6.42 Å². The number of hydrogen-bond donors (Lipinski definition) is 0. The molecule has 0 nitrogen and oxygen atoms in total. The third-order valence-corrected chi connectivity index (χ3v) is 8.14. The summed E-state index contributed by atoms with van der Waals surface area (Å²) in [5.41, 5.74) is 9.85. The van der Waals surface area contributed by atoms with Gasteiger partial charge in [0.15, 0.2) is 7.28 Å². The third-order valence-electron chi connectivity index (χ3n) is 7.72. The largest absolute Gasteiger partial charge is 0.191 e. The Hall–Kier alpha value is -2.07. The molecule has 1 aliphatic carbocycles. The molecule has 4 unspecified atom stereocenters. The topological polar surface area (TPSA) is 0 Å². The summed E-state index contributed by atoms with van der Waals surface area (Å²) in [4.78, 5) is 0. The van der Waals surface area contributed by atoms with Gasteiger partial charge in [-0.1, -0.05) is 157 Å². The summed E-state index contributed by atoms with van der Waals surface area (Å²) in [6.07, 6.45) is 17.1. The molecule has 0 spiro atoms. The van der Waals surface area contributed by atoms with E-state index in [4.69, 9.17) is 0 Å². The van der Waals surface area contributed by atoms with Crippen molar-refractivity contribution in [3.8, 4) is 0 Å². The minimum Gasteiger partial charge on any atom is -0.0824 e. The maximum absolute atomic E-state index is 2.42. The number of aryl methyl sites for hydroxylation is 1. The molecule has 0 saturated carbocycles. The second-order valence-electron chi connectivity index (χ2n) is 10.5. The van der Waals surface area contributed by atoms with E-state index in [9.17, 15) is 0 Å².